The van der Waals surface area contributed by atoms with Crippen LogP contribution in [0.1, 0.15) is 37.0 Å². The molecule has 3 rings (SSSR count). The second-order valence-corrected chi connectivity index (χ2v) is 8.32. The van der Waals surface area contributed by atoms with E-state index in [2.05, 4.69) is 48.6 Å². The third kappa shape index (κ3) is 7.17. The van der Waals surface area contributed by atoms with Crippen LogP contribution < -0.4 is 14.8 Å². The number of ether oxygens (including phenoxy) is 2. The summed E-state index contributed by atoms with van der Waals surface area (Å²) in [6.45, 7) is 5.80. The smallest absolute Gasteiger partial charge is 0.161 e. The van der Waals surface area contributed by atoms with Gasteiger partial charge in [-0.25, -0.2) is 0 Å². The molecule has 1 atom stereocenters. The largest absolute Gasteiger partial charge is 0.490 e. The van der Waals surface area contributed by atoms with Crippen molar-refractivity contribution in [1.82, 2.24) is 5.32 Å². The van der Waals surface area contributed by atoms with E-state index in [0.717, 1.165) is 36.3 Å². The second-order valence-electron chi connectivity index (χ2n) is 7.51. The molecule has 0 radical (unpaired) electrons. The van der Waals surface area contributed by atoms with E-state index in [9.17, 15) is 0 Å². The van der Waals surface area contributed by atoms with Crippen LogP contribution in [0.5, 0.6) is 11.5 Å². The minimum Gasteiger partial charge on any atom is -0.490 e. The van der Waals surface area contributed by atoms with Crippen molar-refractivity contribution in [2.75, 3.05) is 6.61 Å². The Kier molecular flexibility index (Phi) is 9.08. The Hall–Kier alpha value is -2.20. The molecule has 0 amide bonds. The number of nitrogens with one attached hydrogen (secondary N) is 1. The number of hydrogen-bond acceptors (Lipinski definition) is 3. The van der Waals surface area contributed by atoms with Crippen molar-refractivity contribution in [2.45, 2.75) is 45.9 Å². The lowest BCUT2D eigenvalue weighted by Crippen LogP contribution is -2.26. The van der Waals surface area contributed by atoms with Gasteiger partial charge in [0, 0.05) is 28.2 Å². The summed E-state index contributed by atoms with van der Waals surface area (Å²) in [4.78, 5) is 0. The first-order valence-corrected chi connectivity index (χ1v) is 11.4. The van der Waals surface area contributed by atoms with Crippen molar-refractivity contribution in [3.05, 3.63) is 93.5 Å². The molecule has 0 heterocycles. The van der Waals surface area contributed by atoms with Gasteiger partial charge in [-0.3, -0.25) is 0 Å². The molecule has 0 bridgehead atoms. The van der Waals surface area contributed by atoms with Crippen LogP contribution in [-0.2, 0) is 19.6 Å². The summed E-state index contributed by atoms with van der Waals surface area (Å²) in [6, 6.07) is 22.5. The lowest BCUT2D eigenvalue weighted by molar-refractivity contribution is 0.269. The Morgan fingerprint density at radius 1 is 0.839 bits per heavy atom. The topological polar surface area (TPSA) is 30.5 Å². The molecule has 0 spiro atoms. The zero-order valence-corrected chi connectivity index (χ0v) is 19.5. The Balaban J connectivity index is 1.57. The van der Waals surface area contributed by atoms with Crippen LogP contribution >= 0.6 is 23.2 Å². The van der Waals surface area contributed by atoms with Crippen molar-refractivity contribution < 1.29 is 9.47 Å². The first-order valence-electron chi connectivity index (χ1n) is 10.7. The molecule has 0 saturated carbocycles. The first kappa shape index (κ1) is 23.5. The fourth-order valence-corrected chi connectivity index (χ4v) is 3.80. The molecule has 5 heteroatoms. The van der Waals surface area contributed by atoms with Crippen molar-refractivity contribution in [2.24, 2.45) is 0 Å². The van der Waals surface area contributed by atoms with Gasteiger partial charge in [0.15, 0.2) is 11.5 Å². The van der Waals surface area contributed by atoms with Gasteiger partial charge in [-0.2, -0.15) is 0 Å². The fraction of sp³-hybridized carbons (Fsp3) is 0.308. The third-order valence-electron chi connectivity index (χ3n) is 5.11. The van der Waals surface area contributed by atoms with Gasteiger partial charge in [-0.15, -0.1) is 0 Å². The van der Waals surface area contributed by atoms with E-state index in [0.29, 0.717) is 28.4 Å². The van der Waals surface area contributed by atoms with Crippen LogP contribution in [0.2, 0.25) is 10.0 Å². The lowest BCUT2D eigenvalue weighted by atomic mass is 10.1. The summed E-state index contributed by atoms with van der Waals surface area (Å²) in [5.41, 5.74) is 3.29. The number of aryl methyl sites for hydroxylation is 1. The predicted octanol–water partition coefficient (Wildman–Crippen LogP) is 7.08. The number of halogens is 2. The van der Waals surface area contributed by atoms with Gasteiger partial charge in [-0.1, -0.05) is 65.7 Å². The lowest BCUT2D eigenvalue weighted by Gasteiger charge is -2.17. The van der Waals surface area contributed by atoms with Crippen molar-refractivity contribution >= 4 is 23.2 Å². The molecule has 31 heavy (non-hydrogen) atoms. The van der Waals surface area contributed by atoms with E-state index in [1.165, 1.54) is 5.56 Å². The molecular weight excluding hydrogens is 429 g/mol. The van der Waals surface area contributed by atoms with E-state index >= 15 is 0 Å². The average molecular weight is 458 g/mol. The van der Waals surface area contributed by atoms with E-state index in [-0.39, 0.29) is 6.61 Å². The Bertz CT molecular complexity index is 943. The van der Waals surface area contributed by atoms with Crippen LogP contribution in [0.15, 0.2) is 66.7 Å². The molecule has 1 unspecified atom stereocenters. The van der Waals surface area contributed by atoms with Gasteiger partial charge in [0.05, 0.1) is 6.61 Å². The predicted molar refractivity (Wildman–Crippen MR) is 129 cm³/mol. The van der Waals surface area contributed by atoms with Gasteiger partial charge in [0.2, 0.25) is 0 Å². The van der Waals surface area contributed by atoms with Crippen molar-refractivity contribution in [1.29, 1.82) is 0 Å². The van der Waals surface area contributed by atoms with Crippen LogP contribution in [0.3, 0.4) is 0 Å². The third-order valence-corrected chi connectivity index (χ3v) is 5.81. The molecule has 0 aliphatic rings. The number of rotatable bonds is 11. The Morgan fingerprint density at radius 3 is 2.29 bits per heavy atom. The van der Waals surface area contributed by atoms with Gasteiger partial charge >= 0.3 is 0 Å². The summed E-state index contributed by atoms with van der Waals surface area (Å²) in [5, 5.41) is 4.79. The standard InChI is InChI=1S/C26H29Cl2NO2/c1-3-30-26-16-21(17-29-19(2)12-13-20-8-5-4-6-9-20)14-15-25(26)31-18-22-23(27)10-7-11-24(22)28/h4-11,14-16,19,29H,3,12-13,17-18H2,1-2H3. The maximum absolute atomic E-state index is 6.25. The van der Waals surface area contributed by atoms with Crippen LogP contribution in [0, 0.1) is 0 Å². The van der Waals surface area contributed by atoms with E-state index in [4.69, 9.17) is 32.7 Å². The van der Waals surface area contributed by atoms with E-state index in [1.54, 1.807) is 0 Å². The van der Waals surface area contributed by atoms with Crippen LogP contribution in [-0.4, -0.2) is 12.6 Å². The molecule has 0 aliphatic carbocycles. The molecule has 3 nitrogen and oxygen atoms in total. The molecule has 0 aromatic heterocycles. The highest BCUT2D eigenvalue weighted by atomic mass is 35.5. The molecule has 0 fully saturated rings. The number of hydrogen-bond donors (Lipinski definition) is 1. The summed E-state index contributed by atoms with van der Waals surface area (Å²) >= 11 is 12.5. The zero-order chi connectivity index (χ0) is 22.1. The molecule has 164 valence electrons. The highest BCUT2D eigenvalue weighted by Crippen LogP contribution is 2.31. The van der Waals surface area contributed by atoms with E-state index < -0.39 is 0 Å². The highest BCUT2D eigenvalue weighted by molar-refractivity contribution is 6.35. The SMILES string of the molecule is CCOc1cc(CNC(C)CCc2ccccc2)ccc1OCc1c(Cl)cccc1Cl. The molecule has 3 aromatic carbocycles. The quantitative estimate of drug-likeness (QED) is 0.333. The van der Waals surface area contributed by atoms with Gasteiger partial charge in [0.1, 0.15) is 6.61 Å². The average Bonchev–Trinajstić information content (AvgIpc) is 2.78. The molecule has 0 saturated heterocycles. The monoisotopic (exact) mass is 457 g/mol. The first-order chi connectivity index (χ1) is 15.1. The normalized spacial score (nSPS) is 11.9. The summed E-state index contributed by atoms with van der Waals surface area (Å²) in [7, 11) is 0. The van der Waals surface area contributed by atoms with Crippen molar-refractivity contribution in [3.63, 3.8) is 0 Å². The molecular formula is C26H29Cl2NO2. The minimum absolute atomic E-state index is 0.284. The number of benzene rings is 3. The van der Waals surface area contributed by atoms with Gasteiger partial charge < -0.3 is 14.8 Å². The molecule has 1 N–H and O–H groups in total. The van der Waals surface area contributed by atoms with Gasteiger partial charge in [-0.05, 0) is 62.1 Å². The second kappa shape index (κ2) is 12.0. The Labute approximate surface area is 195 Å². The fourth-order valence-electron chi connectivity index (χ4n) is 3.29. The van der Waals surface area contributed by atoms with Crippen LogP contribution in [0.25, 0.3) is 0 Å². The molecule has 0 aliphatic heterocycles. The van der Waals surface area contributed by atoms with Crippen molar-refractivity contribution in [3.8, 4) is 11.5 Å². The minimum atomic E-state index is 0.284. The summed E-state index contributed by atoms with van der Waals surface area (Å²) < 4.78 is 11.8. The van der Waals surface area contributed by atoms with Crippen LogP contribution in [0.4, 0.5) is 0 Å². The molecule has 3 aromatic rings. The van der Waals surface area contributed by atoms with E-state index in [1.807, 2.05) is 37.3 Å². The zero-order valence-electron chi connectivity index (χ0n) is 18.0. The summed E-state index contributed by atoms with van der Waals surface area (Å²) in [5.74, 6) is 1.40. The van der Waals surface area contributed by atoms with Gasteiger partial charge in [0.25, 0.3) is 0 Å². The summed E-state index contributed by atoms with van der Waals surface area (Å²) in [6.07, 6.45) is 2.15. The Morgan fingerprint density at radius 2 is 1.58 bits per heavy atom. The highest BCUT2D eigenvalue weighted by Gasteiger charge is 2.11. The maximum atomic E-state index is 6.25. The maximum Gasteiger partial charge on any atom is 0.161 e.